The van der Waals surface area contributed by atoms with Crippen LogP contribution in [0, 0.1) is 0 Å². The van der Waals surface area contributed by atoms with Crippen molar-refractivity contribution in [3.63, 3.8) is 0 Å². The first kappa shape index (κ1) is 11.2. The average Bonchev–Trinajstić information content (AvgIpc) is 2.85. The Morgan fingerprint density at radius 2 is 2.38 bits per heavy atom. The lowest BCUT2D eigenvalue weighted by molar-refractivity contribution is -0.253. The average molecular weight is 245 g/mol. The van der Waals surface area contributed by atoms with Gasteiger partial charge in [-0.1, -0.05) is 11.2 Å². The van der Waals surface area contributed by atoms with E-state index in [9.17, 15) is 13.9 Å². The Hall–Kier alpha value is -1.27. The molecule has 1 aromatic rings. The standard InChI is InChI=1S/C10H9F2NO2S/c11-9(12)10(14)6-7(13-15-10)3-4-8-2-1-5-16-8/h1-5,9,14H,6H2/b4-3+/t10-/m0/s1. The van der Waals surface area contributed by atoms with Crippen molar-refractivity contribution in [2.24, 2.45) is 5.16 Å². The van der Waals surface area contributed by atoms with E-state index in [0.717, 1.165) is 4.88 Å². The largest absolute Gasteiger partial charge is 0.353 e. The Morgan fingerprint density at radius 3 is 2.94 bits per heavy atom. The second kappa shape index (κ2) is 4.31. The lowest BCUT2D eigenvalue weighted by Crippen LogP contribution is -2.36. The quantitative estimate of drug-likeness (QED) is 0.888. The molecular weight excluding hydrogens is 236 g/mol. The van der Waals surface area contributed by atoms with Crippen molar-refractivity contribution in [3.8, 4) is 0 Å². The van der Waals surface area contributed by atoms with Gasteiger partial charge in [0.25, 0.3) is 0 Å². The number of thiophene rings is 1. The molecule has 1 aliphatic rings. The molecule has 0 saturated carbocycles. The summed E-state index contributed by atoms with van der Waals surface area (Å²) in [5, 5.41) is 14.6. The molecule has 0 bridgehead atoms. The van der Waals surface area contributed by atoms with Crippen LogP contribution in [0.3, 0.4) is 0 Å². The second-order valence-electron chi connectivity index (χ2n) is 3.34. The Labute approximate surface area is 94.7 Å². The number of halogens is 2. The van der Waals surface area contributed by atoms with Crippen LogP contribution in [0.15, 0.2) is 28.7 Å². The van der Waals surface area contributed by atoms with Crippen LogP contribution in [0.4, 0.5) is 8.78 Å². The Bertz CT molecular complexity index is 416. The van der Waals surface area contributed by atoms with E-state index in [1.807, 2.05) is 17.5 Å². The van der Waals surface area contributed by atoms with Gasteiger partial charge in [-0.05, 0) is 23.6 Å². The summed E-state index contributed by atoms with van der Waals surface area (Å²) in [4.78, 5) is 5.31. The SMILES string of the molecule is O[C@@]1(C(F)F)CC(/C=C/c2cccs2)=NO1. The number of oxime groups is 1. The van der Waals surface area contributed by atoms with Crippen LogP contribution in [0.2, 0.25) is 0 Å². The highest BCUT2D eigenvalue weighted by Crippen LogP contribution is 2.28. The van der Waals surface area contributed by atoms with Crippen LogP contribution in [-0.2, 0) is 4.84 Å². The third-order valence-electron chi connectivity index (χ3n) is 2.08. The van der Waals surface area contributed by atoms with E-state index in [2.05, 4.69) is 9.99 Å². The molecule has 0 radical (unpaired) electrons. The first-order valence-electron chi connectivity index (χ1n) is 4.57. The van der Waals surface area contributed by atoms with E-state index in [0.29, 0.717) is 5.71 Å². The van der Waals surface area contributed by atoms with Crippen molar-refractivity contribution in [3.05, 3.63) is 28.5 Å². The maximum Gasteiger partial charge on any atom is 0.305 e. The molecule has 16 heavy (non-hydrogen) atoms. The smallest absolute Gasteiger partial charge is 0.305 e. The summed E-state index contributed by atoms with van der Waals surface area (Å²) in [5.74, 6) is -2.46. The molecular formula is C10H9F2NO2S. The van der Waals surface area contributed by atoms with E-state index < -0.39 is 12.2 Å². The molecule has 3 nitrogen and oxygen atoms in total. The summed E-state index contributed by atoms with van der Waals surface area (Å²) in [6.45, 7) is 0. The van der Waals surface area contributed by atoms with E-state index in [1.54, 1.807) is 12.2 Å². The highest BCUT2D eigenvalue weighted by Gasteiger charge is 2.45. The molecule has 2 rings (SSSR count). The molecule has 2 heterocycles. The maximum absolute atomic E-state index is 12.3. The number of alkyl halides is 2. The van der Waals surface area contributed by atoms with Crippen LogP contribution in [-0.4, -0.2) is 23.0 Å². The van der Waals surface area contributed by atoms with Crippen molar-refractivity contribution in [2.45, 2.75) is 18.6 Å². The van der Waals surface area contributed by atoms with E-state index in [4.69, 9.17) is 0 Å². The Kier molecular flexibility index (Phi) is 3.02. The summed E-state index contributed by atoms with van der Waals surface area (Å²) in [7, 11) is 0. The summed E-state index contributed by atoms with van der Waals surface area (Å²) >= 11 is 1.52. The van der Waals surface area contributed by atoms with Crippen molar-refractivity contribution < 1.29 is 18.7 Å². The molecule has 1 atom stereocenters. The Morgan fingerprint density at radius 1 is 1.56 bits per heavy atom. The molecule has 0 unspecified atom stereocenters. The van der Waals surface area contributed by atoms with Crippen molar-refractivity contribution in [1.82, 2.24) is 0 Å². The van der Waals surface area contributed by atoms with Gasteiger partial charge in [0.1, 0.15) is 0 Å². The molecule has 1 N–H and O–H groups in total. The molecule has 0 spiro atoms. The topological polar surface area (TPSA) is 41.8 Å². The Balaban J connectivity index is 1.99. The molecule has 86 valence electrons. The van der Waals surface area contributed by atoms with Crippen LogP contribution in [0.25, 0.3) is 6.08 Å². The first-order valence-corrected chi connectivity index (χ1v) is 5.45. The fraction of sp³-hybridized carbons (Fsp3) is 0.300. The zero-order chi connectivity index (χ0) is 11.6. The van der Waals surface area contributed by atoms with Crippen molar-refractivity contribution in [1.29, 1.82) is 0 Å². The maximum atomic E-state index is 12.3. The highest BCUT2D eigenvalue weighted by atomic mass is 32.1. The van der Waals surface area contributed by atoms with Gasteiger partial charge in [-0.2, -0.15) is 0 Å². The van der Waals surface area contributed by atoms with E-state index in [1.165, 1.54) is 11.3 Å². The van der Waals surface area contributed by atoms with E-state index >= 15 is 0 Å². The molecule has 6 heteroatoms. The number of aliphatic hydroxyl groups is 1. The summed E-state index contributed by atoms with van der Waals surface area (Å²) < 4.78 is 24.7. The number of nitrogens with zero attached hydrogens (tertiary/aromatic N) is 1. The minimum atomic E-state index is -2.97. The lowest BCUT2D eigenvalue weighted by atomic mass is 10.1. The molecule has 0 amide bonds. The fourth-order valence-electron chi connectivity index (χ4n) is 1.23. The molecule has 0 saturated heterocycles. The normalized spacial score (nSPS) is 25.1. The first-order chi connectivity index (χ1) is 7.60. The van der Waals surface area contributed by atoms with Gasteiger partial charge in [-0.3, -0.25) is 0 Å². The predicted octanol–water partition coefficient (Wildman–Crippen LogP) is 2.49. The van der Waals surface area contributed by atoms with Gasteiger partial charge in [0.15, 0.2) is 0 Å². The van der Waals surface area contributed by atoms with Crippen molar-refractivity contribution in [2.75, 3.05) is 0 Å². The van der Waals surface area contributed by atoms with Crippen LogP contribution in [0.1, 0.15) is 11.3 Å². The predicted molar refractivity (Wildman–Crippen MR) is 57.4 cm³/mol. The number of rotatable bonds is 3. The van der Waals surface area contributed by atoms with Gasteiger partial charge >= 0.3 is 12.2 Å². The molecule has 0 fully saturated rings. The van der Waals surface area contributed by atoms with E-state index in [-0.39, 0.29) is 6.42 Å². The van der Waals surface area contributed by atoms with Gasteiger partial charge in [-0.25, -0.2) is 8.78 Å². The zero-order valence-electron chi connectivity index (χ0n) is 8.14. The second-order valence-corrected chi connectivity index (χ2v) is 4.32. The minimum Gasteiger partial charge on any atom is -0.353 e. The van der Waals surface area contributed by atoms with Gasteiger partial charge in [0.2, 0.25) is 0 Å². The fourth-order valence-corrected chi connectivity index (χ4v) is 1.85. The van der Waals surface area contributed by atoms with Gasteiger partial charge in [0, 0.05) is 4.88 Å². The van der Waals surface area contributed by atoms with Gasteiger partial charge in [0.05, 0.1) is 12.1 Å². The number of hydrogen-bond donors (Lipinski definition) is 1. The molecule has 1 aromatic heterocycles. The molecule has 1 aliphatic heterocycles. The van der Waals surface area contributed by atoms with Crippen LogP contribution >= 0.6 is 11.3 Å². The zero-order valence-corrected chi connectivity index (χ0v) is 8.95. The molecule has 0 aromatic carbocycles. The molecule has 0 aliphatic carbocycles. The lowest BCUT2D eigenvalue weighted by Gasteiger charge is -2.17. The summed E-state index contributed by atoms with van der Waals surface area (Å²) in [6, 6.07) is 3.77. The summed E-state index contributed by atoms with van der Waals surface area (Å²) in [6.07, 6.45) is 0.0342. The number of hydrogen-bond acceptors (Lipinski definition) is 4. The number of allylic oxidation sites excluding steroid dienone is 1. The van der Waals surface area contributed by atoms with Gasteiger partial charge in [-0.15, -0.1) is 11.3 Å². The summed E-state index contributed by atoms with van der Waals surface area (Å²) in [5.41, 5.74) is 0.302. The van der Waals surface area contributed by atoms with Crippen LogP contribution < -0.4 is 0 Å². The third-order valence-corrected chi connectivity index (χ3v) is 2.92. The highest BCUT2D eigenvalue weighted by molar-refractivity contribution is 7.10. The van der Waals surface area contributed by atoms with Gasteiger partial charge < -0.3 is 9.94 Å². The van der Waals surface area contributed by atoms with Crippen molar-refractivity contribution >= 4 is 23.1 Å². The van der Waals surface area contributed by atoms with Crippen LogP contribution in [0.5, 0.6) is 0 Å². The monoisotopic (exact) mass is 245 g/mol. The third kappa shape index (κ3) is 2.28. The minimum absolute atomic E-state index is 0.299.